The number of fused-ring (bicyclic) bond motifs is 1. The van der Waals surface area contributed by atoms with Crippen molar-refractivity contribution in [1.29, 1.82) is 0 Å². The molecule has 0 unspecified atom stereocenters. The molecule has 0 aliphatic heterocycles. The molecule has 4 aromatic rings. The Bertz CT molecular complexity index is 1310. The molecule has 5 heteroatoms. The number of carbonyl (C=O) groups is 2. The van der Waals surface area contributed by atoms with E-state index in [-0.39, 0.29) is 11.7 Å². The Balaban J connectivity index is 1.67. The quantitative estimate of drug-likeness (QED) is 0.335. The van der Waals surface area contributed by atoms with Crippen molar-refractivity contribution in [3.05, 3.63) is 113 Å². The van der Waals surface area contributed by atoms with Gasteiger partial charge in [-0.2, -0.15) is 4.99 Å². The predicted octanol–water partition coefficient (Wildman–Crippen LogP) is 5.17. The van der Waals surface area contributed by atoms with E-state index in [2.05, 4.69) is 17.6 Å². The van der Waals surface area contributed by atoms with Crippen LogP contribution >= 0.6 is 11.3 Å². The van der Waals surface area contributed by atoms with Crippen molar-refractivity contribution >= 4 is 33.2 Å². The summed E-state index contributed by atoms with van der Waals surface area (Å²) in [6.45, 7) is 6.42. The van der Waals surface area contributed by atoms with Gasteiger partial charge in [-0.3, -0.25) is 9.59 Å². The molecule has 0 aliphatic rings. The molecule has 0 fully saturated rings. The first-order chi connectivity index (χ1) is 14.6. The smallest absolute Gasteiger partial charge is 0.279 e. The number of rotatable bonds is 5. The summed E-state index contributed by atoms with van der Waals surface area (Å²) in [4.78, 5) is 30.3. The van der Waals surface area contributed by atoms with E-state index in [9.17, 15) is 9.59 Å². The summed E-state index contributed by atoms with van der Waals surface area (Å²) in [5.74, 6) is -0.412. The van der Waals surface area contributed by atoms with Crippen LogP contribution in [0.2, 0.25) is 0 Å². The van der Waals surface area contributed by atoms with Crippen LogP contribution in [-0.4, -0.2) is 16.3 Å². The third-order valence-electron chi connectivity index (χ3n) is 4.78. The third kappa shape index (κ3) is 3.93. The molecule has 1 amide bonds. The van der Waals surface area contributed by atoms with Gasteiger partial charge in [0.15, 0.2) is 10.6 Å². The number of thiazole rings is 1. The predicted molar refractivity (Wildman–Crippen MR) is 121 cm³/mol. The molecule has 148 valence electrons. The maximum Gasteiger partial charge on any atom is 0.279 e. The van der Waals surface area contributed by atoms with Gasteiger partial charge in [-0.15, -0.1) is 6.58 Å². The number of benzene rings is 3. The number of amides is 1. The van der Waals surface area contributed by atoms with Crippen molar-refractivity contribution < 1.29 is 9.59 Å². The molecule has 3 aromatic carbocycles. The highest BCUT2D eigenvalue weighted by atomic mass is 32.1. The number of aryl methyl sites for hydroxylation is 1. The van der Waals surface area contributed by atoms with Crippen LogP contribution in [-0.2, 0) is 6.54 Å². The van der Waals surface area contributed by atoms with Gasteiger partial charge in [0.25, 0.3) is 5.91 Å². The number of carbonyl (C=O) groups excluding carboxylic acids is 2. The number of nitrogens with zero attached hydrogens (tertiary/aromatic N) is 2. The second-order valence-electron chi connectivity index (χ2n) is 6.94. The van der Waals surface area contributed by atoms with Crippen molar-refractivity contribution in [2.45, 2.75) is 13.5 Å². The molecule has 0 saturated heterocycles. The number of hydrogen-bond acceptors (Lipinski definition) is 3. The Morgan fingerprint density at radius 2 is 1.63 bits per heavy atom. The summed E-state index contributed by atoms with van der Waals surface area (Å²) >= 11 is 1.48. The van der Waals surface area contributed by atoms with Crippen LogP contribution in [0.3, 0.4) is 0 Å². The van der Waals surface area contributed by atoms with Gasteiger partial charge < -0.3 is 4.57 Å². The zero-order valence-electron chi connectivity index (χ0n) is 16.5. The van der Waals surface area contributed by atoms with Crippen LogP contribution in [0.4, 0.5) is 0 Å². The number of allylic oxidation sites excluding steroid dienone is 1. The first-order valence-corrected chi connectivity index (χ1v) is 10.4. The third-order valence-corrected chi connectivity index (χ3v) is 5.82. The summed E-state index contributed by atoms with van der Waals surface area (Å²) in [6, 6.07) is 21.9. The van der Waals surface area contributed by atoms with Gasteiger partial charge in [0.2, 0.25) is 0 Å². The Kier molecular flexibility index (Phi) is 5.55. The van der Waals surface area contributed by atoms with Gasteiger partial charge in [0.1, 0.15) is 0 Å². The lowest BCUT2D eigenvalue weighted by Gasteiger charge is -2.03. The van der Waals surface area contributed by atoms with Crippen molar-refractivity contribution in [3.8, 4) is 0 Å². The lowest BCUT2D eigenvalue weighted by atomic mass is 10.0. The summed E-state index contributed by atoms with van der Waals surface area (Å²) in [7, 11) is 0. The molecule has 4 rings (SSSR count). The van der Waals surface area contributed by atoms with E-state index in [1.807, 2.05) is 41.8 Å². The average Bonchev–Trinajstić information content (AvgIpc) is 3.10. The van der Waals surface area contributed by atoms with E-state index in [1.165, 1.54) is 11.3 Å². The minimum Gasteiger partial charge on any atom is -0.312 e. The fourth-order valence-electron chi connectivity index (χ4n) is 3.24. The zero-order valence-corrected chi connectivity index (χ0v) is 17.4. The molecule has 4 nitrogen and oxygen atoms in total. The fourth-order valence-corrected chi connectivity index (χ4v) is 4.38. The Labute approximate surface area is 178 Å². The van der Waals surface area contributed by atoms with Crippen molar-refractivity contribution in [2.75, 3.05) is 0 Å². The molecule has 0 N–H and O–H groups in total. The normalized spacial score (nSPS) is 11.6. The first kappa shape index (κ1) is 19.7. The molecule has 0 bridgehead atoms. The number of aromatic nitrogens is 1. The summed E-state index contributed by atoms with van der Waals surface area (Å²) in [6.07, 6.45) is 1.79. The Morgan fingerprint density at radius 1 is 0.967 bits per heavy atom. The lowest BCUT2D eigenvalue weighted by molar-refractivity contribution is 0.0994. The van der Waals surface area contributed by atoms with E-state index >= 15 is 0 Å². The minimum absolute atomic E-state index is 0.0739. The number of ketones is 1. The van der Waals surface area contributed by atoms with Crippen LogP contribution in [0.1, 0.15) is 31.8 Å². The molecule has 0 saturated carbocycles. The van der Waals surface area contributed by atoms with E-state index in [0.717, 1.165) is 15.8 Å². The highest BCUT2D eigenvalue weighted by Gasteiger charge is 2.12. The van der Waals surface area contributed by atoms with Crippen molar-refractivity contribution in [2.24, 2.45) is 4.99 Å². The molecule has 0 aliphatic carbocycles. The topological polar surface area (TPSA) is 51.4 Å². The molecular formula is C25H20N2O2S. The molecule has 0 atom stereocenters. The maximum atomic E-state index is 12.8. The van der Waals surface area contributed by atoms with Gasteiger partial charge in [-0.25, -0.2) is 0 Å². The molecule has 0 spiro atoms. The highest BCUT2D eigenvalue weighted by molar-refractivity contribution is 7.16. The van der Waals surface area contributed by atoms with Gasteiger partial charge >= 0.3 is 0 Å². The largest absolute Gasteiger partial charge is 0.312 e. The van der Waals surface area contributed by atoms with E-state index in [0.29, 0.717) is 28.0 Å². The fraction of sp³-hybridized carbons (Fsp3) is 0.0800. The molecule has 0 radical (unpaired) electrons. The van der Waals surface area contributed by atoms with Crippen LogP contribution in [0, 0.1) is 6.92 Å². The van der Waals surface area contributed by atoms with Crippen molar-refractivity contribution in [1.82, 2.24) is 4.57 Å². The summed E-state index contributed by atoms with van der Waals surface area (Å²) in [5, 5.41) is 0. The van der Waals surface area contributed by atoms with Crippen LogP contribution in [0.25, 0.3) is 10.2 Å². The zero-order chi connectivity index (χ0) is 21.1. The molecule has 30 heavy (non-hydrogen) atoms. The van der Waals surface area contributed by atoms with Crippen LogP contribution in [0.15, 0.2) is 90.4 Å². The van der Waals surface area contributed by atoms with E-state index in [1.54, 1.807) is 42.5 Å². The van der Waals surface area contributed by atoms with E-state index in [4.69, 9.17) is 0 Å². The van der Waals surface area contributed by atoms with Crippen LogP contribution in [0.5, 0.6) is 0 Å². The Hall–Kier alpha value is -3.57. The Morgan fingerprint density at radius 3 is 2.33 bits per heavy atom. The van der Waals surface area contributed by atoms with Gasteiger partial charge in [0, 0.05) is 23.2 Å². The first-order valence-electron chi connectivity index (χ1n) is 9.56. The molecule has 1 heterocycles. The summed E-state index contributed by atoms with van der Waals surface area (Å²) < 4.78 is 3.06. The van der Waals surface area contributed by atoms with Crippen LogP contribution < -0.4 is 4.80 Å². The number of hydrogen-bond donors (Lipinski definition) is 0. The van der Waals surface area contributed by atoms with Gasteiger partial charge in [0.05, 0.1) is 10.2 Å². The standard InChI is InChI=1S/C25H20N2O2S/c1-3-15-27-21-14-9-17(2)16-22(21)30-25(27)26-24(29)20-12-10-19(11-13-20)23(28)18-7-5-4-6-8-18/h3-14,16H,1,15H2,2H3. The lowest BCUT2D eigenvalue weighted by Crippen LogP contribution is -2.16. The molecule has 1 aromatic heterocycles. The minimum atomic E-state index is -0.338. The summed E-state index contributed by atoms with van der Waals surface area (Å²) in [5.41, 5.74) is 3.79. The monoisotopic (exact) mass is 412 g/mol. The second-order valence-corrected chi connectivity index (χ2v) is 7.95. The van der Waals surface area contributed by atoms with E-state index < -0.39 is 0 Å². The second kappa shape index (κ2) is 8.43. The molecular weight excluding hydrogens is 392 g/mol. The van der Waals surface area contributed by atoms with Gasteiger partial charge in [-0.1, -0.05) is 65.9 Å². The highest BCUT2D eigenvalue weighted by Crippen LogP contribution is 2.19. The SMILES string of the molecule is C=CCn1c(=NC(=O)c2ccc(C(=O)c3ccccc3)cc2)sc2cc(C)ccc21. The maximum absolute atomic E-state index is 12.8. The van der Waals surface area contributed by atoms with Crippen molar-refractivity contribution in [3.63, 3.8) is 0 Å². The van der Waals surface area contributed by atoms with Gasteiger partial charge in [-0.05, 0) is 36.8 Å². The average molecular weight is 413 g/mol.